The standard InChI is InChI=1S/C18H23N3O3S/c1-25(23,24)21-12-10-20(11-13-21)9-8-19-18(22)17-7-6-15-4-2-3-5-16(15)14-17/h2-7,14H,8-13H2,1H3,(H,19,22). The highest BCUT2D eigenvalue weighted by Crippen LogP contribution is 2.15. The van der Waals surface area contributed by atoms with Gasteiger partial charge in [-0.2, -0.15) is 4.31 Å². The van der Waals surface area contributed by atoms with Crippen molar-refractivity contribution in [2.45, 2.75) is 0 Å². The van der Waals surface area contributed by atoms with Crippen LogP contribution in [-0.2, 0) is 10.0 Å². The molecule has 0 unspecified atom stereocenters. The van der Waals surface area contributed by atoms with Crippen molar-refractivity contribution in [2.75, 3.05) is 45.5 Å². The zero-order chi connectivity index (χ0) is 17.9. The summed E-state index contributed by atoms with van der Waals surface area (Å²) in [7, 11) is -3.10. The van der Waals surface area contributed by atoms with Crippen molar-refractivity contribution in [3.8, 4) is 0 Å². The number of hydrogen-bond donors (Lipinski definition) is 1. The lowest BCUT2D eigenvalue weighted by Crippen LogP contribution is -2.49. The number of piperazine rings is 1. The number of hydrogen-bond acceptors (Lipinski definition) is 4. The maximum atomic E-state index is 12.3. The molecule has 1 aliphatic rings. The van der Waals surface area contributed by atoms with E-state index in [1.54, 1.807) is 0 Å². The topological polar surface area (TPSA) is 69.7 Å². The second-order valence-electron chi connectivity index (χ2n) is 6.32. The molecule has 1 aliphatic heterocycles. The summed E-state index contributed by atoms with van der Waals surface area (Å²) in [5.74, 6) is -0.0828. The van der Waals surface area contributed by atoms with E-state index in [9.17, 15) is 13.2 Å². The number of nitrogens with one attached hydrogen (secondary N) is 1. The fourth-order valence-corrected chi connectivity index (χ4v) is 3.87. The van der Waals surface area contributed by atoms with Crippen LogP contribution in [0.1, 0.15) is 10.4 Å². The number of benzene rings is 2. The van der Waals surface area contributed by atoms with Crippen LogP contribution >= 0.6 is 0 Å². The molecule has 0 saturated carbocycles. The molecular formula is C18H23N3O3S. The molecule has 0 radical (unpaired) electrons. The lowest BCUT2D eigenvalue weighted by Gasteiger charge is -2.33. The van der Waals surface area contributed by atoms with E-state index < -0.39 is 10.0 Å². The van der Waals surface area contributed by atoms with Gasteiger partial charge in [0, 0.05) is 44.8 Å². The molecule has 7 heteroatoms. The van der Waals surface area contributed by atoms with Gasteiger partial charge in [-0.1, -0.05) is 30.3 Å². The average molecular weight is 361 g/mol. The van der Waals surface area contributed by atoms with E-state index in [0.717, 1.165) is 17.3 Å². The van der Waals surface area contributed by atoms with Gasteiger partial charge in [0.05, 0.1) is 6.26 Å². The zero-order valence-electron chi connectivity index (χ0n) is 14.3. The van der Waals surface area contributed by atoms with E-state index >= 15 is 0 Å². The van der Waals surface area contributed by atoms with Gasteiger partial charge in [-0.15, -0.1) is 0 Å². The number of amides is 1. The highest BCUT2D eigenvalue weighted by Gasteiger charge is 2.22. The molecular weight excluding hydrogens is 338 g/mol. The van der Waals surface area contributed by atoms with Crippen LogP contribution in [0.15, 0.2) is 42.5 Å². The summed E-state index contributed by atoms with van der Waals surface area (Å²) in [6.07, 6.45) is 1.24. The second kappa shape index (κ2) is 7.51. The molecule has 3 rings (SSSR count). The van der Waals surface area contributed by atoms with Crippen molar-refractivity contribution >= 4 is 26.7 Å². The number of rotatable bonds is 5. The van der Waals surface area contributed by atoms with Crippen LogP contribution in [0.2, 0.25) is 0 Å². The Morgan fingerprint density at radius 2 is 1.72 bits per heavy atom. The maximum Gasteiger partial charge on any atom is 0.251 e. The summed E-state index contributed by atoms with van der Waals surface area (Å²) in [5, 5.41) is 5.10. The molecule has 1 heterocycles. The van der Waals surface area contributed by atoms with Gasteiger partial charge in [0.15, 0.2) is 0 Å². The van der Waals surface area contributed by atoms with Gasteiger partial charge >= 0.3 is 0 Å². The predicted molar refractivity (Wildman–Crippen MR) is 99.1 cm³/mol. The van der Waals surface area contributed by atoms with Crippen LogP contribution in [-0.4, -0.2) is 69.1 Å². The van der Waals surface area contributed by atoms with Crippen LogP contribution < -0.4 is 5.32 Å². The van der Waals surface area contributed by atoms with Gasteiger partial charge in [0.1, 0.15) is 0 Å². The van der Waals surface area contributed by atoms with Crippen molar-refractivity contribution in [2.24, 2.45) is 0 Å². The summed E-state index contributed by atoms with van der Waals surface area (Å²) in [6, 6.07) is 13.6. The third-order valence-corrected chi connectivity index (χ3v) is 5.83. The average Bonchev–Trinajstić information content (AvgIpc) is 2.61. The third-order valence-electron chi connectivity index (χ3n) is 4.53. The number of sulfonamides is 1. The molecule has 6 nitrogen and oxygen atoms in total. The van der Waals surface area contributed by atoms with E-state index in [1.807, 2.05) is 42.5 Å². The molecule has 0 atom stereocenters. The lowest BCUT2D eigenvalue weighted by molar-refractivity contribution is 0.0945. The minimum absolute atomic E-state index is 0.0828. The number of carbonyl (C=O) groups is 1. The smallest absolute Gasteiger partial charge is 0.251 e. The number of fused-ring (bicyclic) bond motifs is 1. The van der Waals surface area contributed by atoms with Gasteiger partial charge in [-0.3, -0.25) is 9.69 Å². The van der Waals surface area contributed by atoms with Crippen molar-refractivity contribution in [1.82, 2.24) is 14.5 Å². The fraction of sp³-hybridized carbons (Fsp3) is 0.389. The van der Waals surface area contributed by atoms with Crippen molar-refractivity contribution in [1.29, 1.82) is 0 Å². The number of nitrogens with zero attached hydrogens (tertiary/aromatic N) is 2. The van der Waals surface area contributed by atoms with Crippen LogP contribution in [0.4, 0.5) is 0 Å². The first-order valence-corrected chi connectivity index (χ1v) is 10.2. The van der Waals surface area contributed by atoms with E-state index in [4.69, 9.17) is 0 Å². The normalized spacial score (nSPS) is 16.8. The highest BCUT2D eigenvalue weighted by atomic mass is 32.2. The van der Waals surface area contributed by atoms with Gasteiger partial charge in [-0.05, 0) is 22.9 Å². The first kappa shape index (κ1) is 17.8. The number of carbonyl (C=O) groups excluding carboxylic acids is 1. The lowest BCUT2D eigenvalue weighted by atomic mass is 10.1. The Kier molecular flexibility index (Phi) is 5.36. The fourth-order valence-electron chi connectivity index (χ4n) is 3.04. The van der Waals surface area contributed by atoms with Gasteiger partial charge < -0.3 is 5.32 Å². The Morgan fingerprint density at radius 3 is 2.40 bits per heavy atom. The molecule has 134 valence electrons. The molecule has 25 heavy (non-hydrogen) atoms. The monoisotopic (exact) mass is 361 g/mol. The molecule has 0 aromatic heterocycles. The minimum atomic E-state index is -3.10. The molecule has 2 aromatic rings. The summed E-state index contributed by atoms with van der Waals surface area (Å²) in [6.45, 7) is 3.67. The zero-order valence-corrected chi connectivity index (χ0v) is 15.1. The first-order valence-electron chi connectivity index (χ1n) is 8.38. The molecule has 1 fully saturated rings. The van der Waals surface area contributed by atoms with Crippen molar-refractivity contribution in [3.63, 3.8) is 0 Å². The first-order chi connectivity index (χ1) is 11.9. The molecule has 1 amide bonds. The van der Waals surface area contributed by atoms with E-state index in [1.165, 1.54) is 10.6 Å². The Hall–Kier alpha value is -1.96. The summed E-state index contributed by atoms with van der Waals surface area (Å²) in [4.78, 5) is 14.5. The van der Waals surface area contributed by atoms with Crippen LogP contribution in [0.25, 0.3) is 10.8 Å². The third kappa shape index (κ3) is 4.56. The van der Waals surface area contributed by atoms with E-state index in [-0.39, 0.29) is 5.91 Å². The van der Waals surface area contributed by atoms with Gasteiger partial charge in [0.25, 0.3) is 5.91 Å². The predicted octanol–water partition coefficient (Wildman–Crippen LogP) is 1.15. The Bertz CT molecular complexity index is 859. The van der Waals surface area contributed by atoms with Crippen molar-refractivity contribution in [3.05, 3.63) is 48.0 Å². The summed E-state index contributed by atoms with van der Waals surface area (Å²) in [5.41, 5.74) is 0.653. The Labute approximate surface area is 148 Å². The van der Waals surface area contributed by atoms with Crippen LogP contribution in [0, 0.1) is 0 Å². The largest absolute Gasteiger partial charge is 0.351 e. The molecule has 1 N–H and O–H groups in total. The summed E-state index contributed by atoms with van der Waals surface area (Å²) < 4.78 is 24.5. The van der Waals surface area contributed by atoms with Gasteiger partial charge in [-0.25, -0.2) is 8.42 Å². The maximum absolute atomic E-state index is 12.3. The molecule has 1 saturated heterocycles. The van der Waals surface area contributed by atoms with E-state index in [2.05, 4.69) is 10.2 Å². The highest BCUT2D eigenvalue weighted by molar-refractivity contribution is 7.88. The quantitative estimate of drug-likeness (QED) is 0.867. The van der Waals surface area contributed by atoms with Crippen LogP contribution in [0.3, 0.4) is 0 Å². The molecule has 0 spiro atoms. The van der Waals surface area contributed by atoms with Crippen LogP contribution in [0.5, 0.6) is 0 Å². The Morgan fingerprint density at radius 1 is 1.04 bits per heavy atom. The van der Waals surface area contributed by atoms with Crippen molar-refractivity contribution < 1.29 is 13.2 Å². The van der Waals surface area contributed by atoms with Gasteiger partial charge in [0.2, 0.25) is 10.0 Å². The second-order valence-corrected chi connectivity index (χ2v) is 8.30. The SMILES string of the molecule is CS(=O)(=O)N1CCN(CCNC(=O)c2ccc3ccccc3c2)CC1. The summed E-state index contributed by atoms with van der Waals surface area (Å²) >= 11 is 0. The molecule has 0 bridgehead atoms. The Balaban J connectivity index is 1.48. The minimum Gasteiger partial charge on any atom is -0.351 e. The van der Waals surface area contributed by atoms with E-state index in [0.29, 0.717) is 38.3 Å². The molecule has 2 aromatic carbocycles. The molecule has 0 aliphatic carbocycles.